The predicted octanol–water partition coefficient (Wildman–Crippen LogP) is 1.31. The molecule has 0 aromatic heterocycles. The number of hydrogen-bond acceptors (Lipinski definition) is 1. The highest BCUT2D eigenvalue weighted by Gasteiger charge is 2.08. The molecular formula is C5H8O. The molecule has 1 heteroatoms. The van der Waals surface area contributed by atoms with E-state index in [1.165, 1.54) is 0 Å². The second-order valence-corrected chi connectivity index (χ2v) is 1.60. The normalized spacial score (nSPS) is 30.3. The predicted molar refractivity (Wildman–Crippen MR) is 24.3 cm³/mol. The van der Waals surface area contributed by atoms with Crippen molar-refractivity contribution in [2.75, 3.05) is 0 Å². The smallest absolute Gasteiger partial charge is 0.117 e. The molecule has 0 fully saturated rings. The van der Waals surface area contributed by atoms with E-state index in [9.17, 15) is 0 Å². The summed E-state index contributed by atoms with van der Waals surface area (Å²) in [4.78, 5) is 0. The van der Waals surface area contributed by atoms with Crippen LogP contribution in [0.25, 0.3) is 0 Å². The lowest BCUT2D eigenvalue weighted by molar-refractivity contribution is 0.120. The standard InChI is InChI=1S/C5H8O/c1-4-3-5(2)6-4/h3-4H,1-2H3. The van der Waals surface area contributed by atoms with Gasteiger partial charge < -0.3 is 4.74 Å². The fraction of sp³-hybridized carbons (Fsp3) is 0.600. The van der Waals surface area contributed by atoms with E-state index in [0.29, 0.717) is 6.10 Å². The van der Waals surface area contributed by atoms with Crippen LogP contribution in [0.5, 0.6) is 0 Å². The number of allylic oxidation sites excluding steroid dienone is 1. The first-order valence-corrected chi connectivity index (χ1v) is 2.14. The van der Waals surface area contributed by atoms with Gasteiger partial charge in [-0.2, -0.15) is 0 Å². The van der Waals surface area contributed by atoms with E-state index in [1.54, 1.807) is 0 Å². The summed E-state index contributed by atoms with van der Waals surface area (Å²) in [7, 11) is 0. The SMILES string of the molecule is CC1=CC(C)O1. The van der Waals surface area contributed by atoms with Gasteiger partial charge in [-0.15, -0.1) is 0 Å². The maximum Gasteiger partial charge on any atom is 0.117 e. The van der Waals surface area contributed by atoms with Crippen molar-refractivity contribution in [3.63, 3.8) is 0 Å². The average Bonchev–Trinajstić information content (AvgIpc) is 1.33. The van der Waals surface area contributed by atoms with Gasteiger partial charge in [0.1, 0.15) is 6.10 Å². The molecule has 1 aliphatic heterocycles. The molecule has 0 radical (unpaired) electrons. The largest absolute Gasteiger partial charge is 0.491 e. The molecule has 0 bridgehead atoms. The van der Waals surface area contributed by atoms with E-state index in [0.717, 1.165) is 5.76 Å². The second-order valence-electron chi connectivity index (χ2n) is 1.60. The Morgan fingerprint density at radius 2 is 2.33 bits per heavy atom. The van der Waals surface area contributed by atoms with E-state index in [4.69, 9.17) is 4.74 Å². The third-order valence-corrected chi connectivity index (χ3v) is 0.841. The minimum atomic E-state index is 0.380. The summed E-state index contributed by atoms with van der Waals surface area (Å²) in [6, 6.07) is 0. The molecule has 0 aromatic rings. The summed E-state index contributed by atoms with van der Waals surface area (Å²) in [6.07, 6.45) is 2.46. The highest BCUT2D eigenvalue weighted by Crippen LogP contribution is 2.13. The summed E-state index contributed by atoms with van der Waals surface area (Å²) in [6.45, 7) is 3.98. The van der Waals surface area contributed by atoms with Gasteiger partial charge in [-0.25, -0.2) is 0 Å². The number of ether oxygens (including phenoxy) is 1. The van der Waals surface area contributed by atoms with Crippen molar-refractivity contribution in [3.8, 4) is 0 Å². The van der Waals surface area contributed by atoms with Gasteiger partial charge in [0.05, 0.1) is 5.76 Å². The van der Waals surface area contributed by atoms with Gasteiger partial charge >= 0.3 is 0 Å². The third kappa shape index (κ3) is 0.402. The molecular weight excluding hydrogens is 76.1 g/mol. The van der Waals surface area contributed by atoms with Crippen LogP contribution in [0.2, 0.25) is 0 Å². The molecule has 0 saturated carbocycles. The van der Waals surface area contributed by atoms with Crippen molar-refractivity contribution >= 4 is 0 Å². The van der Waals surface area contributed by atoms with E-state index in [-0.39, 0.29) is 0 Å². The van der Waals surface area contributed by atoms with E-state index in [2.05, 4.69) is 6.08 Å². The van der Waals surface area contributed by atoms with E-state index >= 15 is 0 Å². The Balaban J connectivity index is 2.46. The van der Waals surface area contributed by atoms with Crippen LogP contribution >= 0.6 is 0 Å². The van der Waals surface area contributed by atoms with Gasteiger partial charge in [0, 0.05) is 0 Å². The van der Waals surface area contributed by atoms with Gasteiger partial charge in [-0.05, 0) is 19.9 Å². The molecule has 1 aliphatic rings. The van der Waals surface area contributed by atoms with Crippen molar-refractivity contribution in [1.29, 1.82) is 0 Å². The fourth-order valence-corrected chi connectivity index (χ4v) is 0.625. The number of rotatable bonds is 0. The maximum atomic E-state index is 5.00. The average molecular weight is 84.1 g/mol. The van der Waals surface area contributed by atoms with Crippen LogP contribution in [-0.4, -0.2) is 6.10 Å². The monoisotopic (exact) mass is 84.1 g/mol. The molecule has 0 aliphatic carbocycles. The fourth-order valence-electron chi connectivity index (χ4n) is 0.625. The Morgan fingerprint density at radius 3 is 2.33 bits per heavy atom. The highest BCUT2D eigenvalue weighted by atomic mass is 16.5. The lowest BCUT2D eigenvalue weighted by Gasteiger charge is -2.20. The van der Waals surface area contributed by atoms with Crippen molar-refractivity contribution in [1.82, 2.24) is 0 Å². The Bertz CT molecular complexity index is 83.9. The van der Waals surface area contributed by atoms with Crippen LogP contribution in [0.4, 0.5) is 0 Å². The topological polar surface area (TPSA) is 9.23 Å². The van der Waals surface area contributed by atoms with Crippen LogP contribution in [0.1, 0.15) is 13.8 Å². The summed E-state index contributed by atoms with van der Waals surface area (Å²) < 4.78 is 5.00. The molecule has 1 atom stereocenters. The first-order chi connectivity index (χ1) is 2.79. The van der Waals surface area contributed by atoms with Gasteiger partial charge in [0.2, 0.25) is 0 Å². The Hall–Kier alpha value is -0.460. The Morgan fingerprint density at radius 1 is 1.83 bits per heavy atom. The summed E-state index contributed by atoms with van der Waals surface area (Å²) in [5.74, 6) is 1.06. The van der Waals surface area contributed by atoms with Gasteiger partial charge in [-0.3, -0.25) is 0 Å². The summed E-state index contributed by atoms with van der Waals surface area (Å²) in [5.41, 5.74) is 0. The van der Waals surface area contributed by atoms with Gasteiger partial charge in [0.15, 0.2) is 0 Å². The van der Waals surface area contributed by atoms with Crippen LogP contribution in [-0.2, 0) is 4.74 Å². The molecule has 0 spiro atoms. The lowest BCUT2D eigenvalue weighted by atomic mass is 10.3. The minimum absolute atomic E-state index is 0.380. The molecule has 0 N–H and O–H groups in total. The summed E-state index contributed by atoms with van der Waals surface area (Å²) in [5, 5.41) is 0. The second kappa shape index (κ2) is 1.00. The quantitative estimate of drug-likeness (QED) is 0.430. The molecule has 0 amide bonds. The van der Waals surface area contributed by atoms with Crippen molar-refractivity contribution in [3.05, 3.63) is 11.8 Å². The molecule has 6 heavy (non-hydrogen) atoms. The minimum Gasteiger partial charge on any atom is -0.491 e. The molecule has 0 saturated heterocycles. The summed E-state index contributed by atoms with van der Waals surface area (Å²) >= 11 is 0. The van der Waals surface area contributed by atoms with Crippen LogP contribution < -0.4 is 0 Å². The molecule has 1 unspecified atom stereocenters. The van der Waals surface area contributed by atoms with Crippen LogP contribution in [0.3, 0.4) is 0 Å². The zero-order chi connectivity index (χ0) is 4.57. The van der Waals surface area contributed by atoms with Crippen LogP contribution in [0.15, 0.2) is 11.8 Å². The van der Waals surface area contributed by atoms with E-state index in [1.807, 2.05) is 13.8 Å². The number of hydrogen-bond donors (Lipinski definition) is 0. The van der Waals surface area contributed by atoms with Crippen molar-refractivity contribution in [2.45, 2.75) is 20.0 Å². The Labute approximate surface area is 37.6 Å². The first-order valence-electron chi connectivity index (χ1n) is 2.14. The zero-order valence-electron chi connectivity index (χ0n) is 4.06. The van der Waals surface area contributed by atoms with Crippen LogP contribution in [0, 0.1) is 0 Å². The van der Waals surface area contributed by atoms with Gasteiger partial charge in [-0.1, -0.05) is 0 Å². The lowest BCUT2D eigenvalue weighted by Crippen LogP contribution is -2.13. The molecule has 0 aromatic carbocycles. The van der Waals surface area contributed by atoms with Crippen molar-refractivity contribution < 1.29 is 4.74 Å². The molecule has 34 valence electrons. The van der Waals surface area contributed by atoms with Gasteiger partial charge in [0.25, 0.3) is 0 Å². The van der Waals surface area contributed by atoms with Crippen molar-refractivity contribution in [2.24, 2.45) is 0 Å². The maximum absolute atomic E-state index is 5.00. The third-order valence-electron chi connectivity index (χ3n) is 0.841. The zero-order valence-corrected chi connectivity index (χ0v) is 4.06. The van der Waals surface area contributed by atoms with E-state index < -0.39 is 0 Å². The molecule has 1 heterocycles. The Kier molecular flexibility index (Phi) is 0.621. The molecule has 1 rings (SSSR count). The molecule has 1 nitrogen and oxygen atoms in total. The highest BCUT2D eigenvalue weighted by molar-refractivity contribution is 5.03. The first kappa shape index (κ1) is 3.72.